The van der Waals surface area contributed by atoms with Crippen LogP contribution >= 0.6 is 0 Å². The maximum atomic E-state index is 13.1. The van der Waals surface area contributed by atoms with Gasteiger partial charge in [0.25, 0.3) is 0 Å². The Balaban J connectivity index is 2.59. The smallest absolute Gasteiger partial charge is 0.407 e. The zero-order valence-electron chi connectivity index (χ0n) is 12.4. The molecule has 0 unspecified atom stereocenters. The number of nitrogens with one attached hydrogen (secondary N) is 1. The Kier molecular flexibility index (Phi) is 5.69. The van der Waals surface area contributed by atoms with Crippen molar-refractivity contribution in [1.82, 2.24) is 5.32 Å². The van der Waals surface area contributed by atoms with E-state index in [1.54, 1.807) is 26.8 Å². The number of benzene rings is 1. The van der Waals surface area contributed by atoms with E-state index in [0.29, 0.717) is 5.56 Å². The molecule has 0 bridgehead atoms. The van der Waals surface area contributed by atoms with Crippen LogP contribution in [0.25, 0.3) is 0 Å². The number of ether oxygens (including phenoxy) is 1. The molecular weight excluding hydrogens is 277 g/mol. The normalized spacial score (nSPS) is 12.6. The van der Waals surface area contributed by atoms with Gasteiger partial charge in [0.05, 0.1) is 5.92 Å². The Morgan fingerprint density at radius 2 is 2.05 bits per heavy atom. The maximum Gasteiger partial charge on any atom is 0.407 e. The largest absolute Gasteiger partial charge is 0.481 e. The number of carboxylic acids is 1. The van der Waals surface area contributed by atoms with Crippen molar-refractivity contribution in [2.45, 2.75) is 32.8 Å². The summed E-state index contributed by atoms with van der Waals surface area (Å²) in [5.74, 6) is -2.33. The third-order valence-electron chi connectivity index (χ3n) is 2.61. The predicted octanol–water partition coefficient (Wildman–Crippen LogP) is 2.59. The fourth-order valence-corrected chi connectivity index (χ4v) is 1.72. The van der Waals surface area contributed by atoms with Gasteiger partial charge in [-0.25, -0.2) is 9.18 Å². The average molecular weight is 297 g/mol. The van der Waals surface area contributed by atoms with Crippen LogP contribution in [0, 0.1) is 11.7 Å². The molecule has 5 nitrogen and oxygen atoms in total. The standard InChI is InChI=1S/C15H20FNO4/c1-15(2,3)21-14(20)17-9-11(13(18)19)7-10-5-4-6-12(16)8-10/h4-6,8,11H,7,9H2,1-3H3,(H,17,20)(H,18,19)/t11-/m0/s1. The van der Waals surface area contributed by atoms with Crippen molar-refractivity contribution in [3.8, 4) is 0 Å². The van der Waals surface area contributed by atoms with E-state index in [0.717, 1.165) is 0 Å². The fraction of sp³-hybridized carbons (Fsp3) is 0.467. The van der Waals surface area contributed by atoms with Crippen LogP contribution in [0.15, 0.2) is 24.3 Å². The van der Waals surface area contributed by atoms with Crippen molar-refractivity contribution in [2.24, 2.45) is 5.92 Å². The monoisotopic (exact) mass is 297 g/mol. The quantitative estimate of drug-likeness (QED) is 0.876. The highest BCUT2D eigenvalue weighted by molar-refractivity contribution is 5.73. The van der Waals surface area contributed by atoms with Gasteiger partial charge in [0, 0.05) is 6.54 Å². The molecule has 0 radical (unpaired) electrons. The lowest BCUT2D eigenvalue weighted by Crippen LogP contribution is -2.37. The summed E-state index contributed by atoms with van der Waals surface area (Å²) < 4.78 is 18.1. The molecule has 0 aliphatic carbocycles. The number of carboxylic acid groups (broad SMARTS) is 1. The second-order valence-electron chi connectivity index (χ2n) is 5.75. The van der Waals surface area contributed by atoms with Crippen LogP contribution in [-0.4, -0.2) is 29.3 Å². The summed E-state index contributed by atoms with van der Waals surface area (Å²) >= 11 is 0. The minimum absolute atomic E-state index is 0.0826. The van der Waals surface area contributed by atoms with E-state index in [9.17, 15) is 14.0 Å². The van der Waals surface area contributed by atoms with Gasteiger partial charge in [-0.15, -0.1) is 0 Å². The first-order valence-electron chi connectivity index (χ1n) is 6.61. The molecule has 1 atom stereocenters. The number of alkyl carbamates (subject to hydrolysis) is 1. The van der Waals surface area contributed by atoms with Gasteiger partial charge in [-0.3, -0.25) is 4.79 Å². The number of carbonyl (C=O) groups is 2. The zero-order chi connectivity index (χ0) is 16.0. The molecule has 116 valence electrons. The summed E-state index contributed by atoms with van der Waals surface area (Å²) in [7, 11) is 0. The second-order valence-corrected chi connectivity index (χ2v) is 5.75. The van der Waals surface area contributed by atoms with Gasteiger partial charge in [0.2, 0.25) is 0 Å². The molecule has 0 aliphatic rings. The van der Waals surface area contributed by atoms with Crippen molar-refractivity contribution in [3.05, 3.63) is 35.6 Å². The highest BCUT2D eigenvalue weighted by atomic mass is 19.1. The molecule has 6 heteroatoms. The number of amides is 1. The molecule has 0 saturated carbocycles. The summed E-state index contributed by atoms with van der Waals surface area (Å²) in [5, 5.41) is 11.6. The first-order valence-corrected chi connectivity index (χ1v) is 6.61. The van der Waals surface area contributed by atoms with Crippen molar-refractivity contribution < 1.29 is 23.8 Å². The fourth-order valence-electron chi connectivity index (χ4n) is 1.72. The van der Waals surface area contributed by atoms with E-state index in [2.05, 4.69) is 5.32 Å². The number of rotatable bonds is 5. The lowest BCUT2D eigenvalue weighted by Gasteiger charge is -2.20. The molecule has 21 heavy (non-hydrogen) atoms. The van der Waals surface area contributed by atoms with Gasteiger partial charge in [-0.2, -0.15) is 0 Å². The molecular formula is C15H20FNO4. The average Bonchev–Trinajstić information content (AvgIpc) is 2.32. The van der Waals surface area contributed by atoms with Crippen LogP contribution in [0.1, 0.15) is 26.3 Å². The van der Waals surface area contributed by atoms with Crippen molar-refractivity contribution >= 4 is 12.1 Å². The van der Waals surface area contributed by atoms with E-state index < -0.39 is 29.4 Å². The first-order chi connectivity index (χ1) is 9.67. The topological polar surface area (TPSA) is 75.6 Å². The minimum Gasteiger partial charge on any atom is -0.481 e. The van der Waals surface area contributed by atoms with E-state index in [4.69, 9.17) is 9.84 Å². The summed E-state index contributed by atoms with van der Waals surface area (Å²) in [6, 6.07) is 5.74. The molecule has 1 aromatic carbocycles. The Bertz CT molecular complexity index is 511. The zero-order valence-corrected chi connectivity index (χ0v) is 12.4. The molecule has 0 fully saturated rings. The molecule has 0 heterocycles. The third-order valence-corrected chi connectivity index (χ3v) is 2.61. The number of hydrogen-bond acceptors (Lipinski definition) is 3. The molecule has 0 aliphatic heterocycles. The van der Waals surface area contributed by atoms with Gasteiger partial charge >= 0.3 is 12.1 Å². The summed E-state index contributed by atoms with van der Waals surface area (Å²) in [6.07, 6.45) is -0.545. The first kappa shape index (κ1) is 16.9. The lowest BCUT2D eigenvalue weighted by atomic mass is 9.99. The van der Waals surface area contributed by atoms with Crippen molar-refractivity contribution in [3.63, 3.8) is 0 Å². The number of aliphatic carboxylic acids is 1. The van der Waals surface area contributed by atoms with E-state index in [-0.39, 0.29) is 13.0 Å². The van der Waals surface area contributed by atoms with Crippen LogP contribution in [0.3, 0.4) is 0 Å². The van der Waals surface area contributed by atoms with Crippen LogP contribution in [0.4, 0.5) is 9.18 Å². The molecule has 1 amide bonds. The maximum absolute atomic E-state index is 13.1. The van der Waals surface area contributed by atoms with Crippen LogP contribution < -0.4 is 5.32 Å². The Morgan fingerprint density at radius 3 is 2.57 bits per heavy atom. The van der Waals surface area contributed by atoms with Gasteiger partial charge in [0.1, 0.15) is 11.4 Å². The van der Waals surface area contributed by atoms with E-state index in [1.807, 2.05) is 0 Å². The summed E-state index contributed by atoms with van der Waals surface area (Å²) in [5.41, 5.74) is -0.0841. The Labute approximate surface area is 123 Å². The highest BCUT2D eigenvalue weighted by Gasteiger charge is 2.21. The molecule has 1 aromatic rings. The van der Waals surface area contributed by atoms with Gasteiger partial charge in [-0.05, 0) is 44.9 Å². The van der Waals surface area contributed by atoms with Gasteiger partial charge in [-0.1, -0.05) is 12.1 Å². The van der Waals surface area contributed by atoms with Crippen molar-refractivity contribution in [2.75, 3.05) is 6.54 Å². The Morgan fingerprint density at radius 1 is 1.38 bits per heavy atom. The third kappa shape index (κ3) is 6.74. The SMILES string of the molecule is CC(C)(C)OC(=O)NC[C@H](Cc1cccc(F)c1)C(=O)O. The molecule has 0 spiro atoms. The summed E-state index contributed by atoms with van der Waals surface area (Å²) in [6.45, 7) is 5.07. The van der Waals surface area contributed by atoms with Gasteiger partial charge < -0.3 is 15.2 Å². The Hall–Kier alpha value is -2.11. The van der Waals surface area contributed by atoms with E-state index >= 15 is 0 Å². The van der Waals surface area contributed by atoms with Crippen LogP contribution in [0.5, 0.6) is 0 Å². The number of halogens is 1. The van der Waals surface area contributed by atoms with Crippen LogP contribution in [0.2, 0.25) is 0 Å². The molecule has 2 N–H and O–H groups in total. The highest BCUT2D eigenvalue weighted by Crippen LogP contribution is 2.11. The number of carbonyl (C=O) groups excluding carboxylic acids is 1. The predicted molar refractivity (Wildman–Crippen MR) is 75.5 cm³/mol. The number of hydrogen-bond donors (Lipinski definition) is 2. The van der Waals surface area contributed by atoms with E-state index in [1.165, 1.54) is 18.2 Å². The minimum atomic E-state index is -1.06. The van der Waals surface area contributed by atoms with Crippen LogP contribution in [-0.2, 0) is 16.0 Å². The summed E-state index contributed by atoms with van der Waals surface area (Å²) in [4.78, 5) is 22.7. The molecule has 0 aromatic heterocycles. The lowest BCUT2D eigenvalue weighted by molar-refractivity contribution is -0.141. The molecule has 1 rings (SSSR count). The van der Waals surface area contributed by atoms with Gasteiger partial charge in [0.15, 0.2) is 0 Å². The van der Waals surface area contributed by atoms with Crippen molar-refractivity contribution in [1.29, 1.82) is 0 Å². The second kappa shape index (κ2) is 7.06. The molecule has 0 saturated heterocycles.